The van der Waals surface area contributed by atoms with Gasteiger partial charge in [-0.25, -0.2) is 0 Å². The molecule has 0 bridgehead atoms. The van der Waals surface area contributed by atoms with Crippen LogP contribution in [0.25, 0.3) is 0 Å². The van der Waals surface area contributed by atoms with Crippen LogP contribution < -0.4 is 0 Å². The summed E-state index contributed by atoms with van der Waals surface area (Å²) in [5.74, 6) is 0. The highest BCUT2D eigenvalue weighted by molar-refractivity contribution is 5.61. The molecular weight excluding hydrogens is 188 g/mol. The Morgan fingerprint density at radius 1 is 0.929 bits per heavy atom. The smallest absolute Gasteiger partial charge is 0.258 e. The number of hydrogen-bond donors (Lipinski definition) is 0. The van der Waals surface area contributed by atoms with Crippen molar-refractivity contribution in [3.05, 3.63) is 43.5 Å². The molecule has 0 saturated carbocycles. The van der Waals surface area contributed by atoms with E-state index in [2.05, 4.69) is 0 Å². The molecule has 1 aromatic carbocycles. The van der Waals surface area contributed by atoms with E-state index in [4.69, 9.17) is 0 Å². The SMILES string of the molecule is Cc1ccc(C)c([N+](=O)[O-])c1[N+](=O)[O-]. The number of hydrogen-bond acceptors (Lipinski definition) is 4. The average Bonchev–Trinajstić information content (AvgIpc) is 2.07. The van der Waals surface area contributed by atoms with Gasteiger partial charge < -0.3 is 0 Å². The molecule has 0 spiro atoms. The third-order valence-electron chi connectivity index (χ3n) is 1.92. The molecule has 6 heteroatoms. The molecule has 0 radical (unpaired) electrons. The predicted molar refractivity (Wildman–Crippen MR) is 49.2 cm³/mol. The first-order valence-corrected chi connectivity index (χ1v) is 3.84. The molecule has 1 rings (SSSR count). The highest BCUT2D eigenvalue weighted by atomic mass is 16.6. The molecule has 0 heterocycles. The highest BCUT2D eigenvalue weighted by Crippen LogP contribution is 2.32. The Morgan fingerprint density at radius 3 is 1.43 bits per heavy atom. The minimum absolute atomic E-state index is 0.298. The lowest BCUT2D eigenvalue weighted by Gasteiger charge is -2.00. The van der Waals surface area contributed by atoms with E-state index in [-0.39, 0.29) is 0 Å². The molecule has 0 aliphatic heterocycles. The largest absolute Gasteiger partial charge is 0.349 e. The van der Waals surface area contributed by atoms with Crippen LogP contribution in [0.2, 0.25) is 0 Å². The van der Waals surface area contributed by atoms with Crippen LogP contribution in [0.3, 0.4) is 0 Å². The van der Waals surface area contributed by atoms with Crippen molar-refractivity contribution in [2.24, 2.45) is 0 Å². The van der Waals surface area contributed by atoms with Gasteiger partial charge in [-0.05, 0) is 13.8 Å². The molecule has 14 heavy (non-hydrogen) atoms. The molecule has 0 fully saturated rings. The van der Waals surface area contributed by atoms with Gasteiger partial charge in [0.25, 0.3) is 0 Å². The number of nitrogens with zero attached hydrogens (tertiary/aromatic N) is 2. The number of benzene rings is 1. The van der Waals surface area contributed by atoms with Gasteiger partial charge in [-0.15, -0.1) is 0 Å². The van der Waals surface area contributed by atoms with Gasteiger partial charge in [0.15, 0.2) is 0 Å². The Kier molecular flexibility index (Phi) is 2.46. The second kappa shape index (κ2) is 3.41. The standard InChI is InChI=1S/C8H8N2O4/c1-5-3-4-6(2)8(10(13)14)7(5)9(11)12/h3-4H,1-2H3. The molecule has 0 unspecified atom stereocenters. The second-order valence-corrected chi connectivity index (χ2v) is 2.91. The van der Waals surface area contributed by atoms with Crippen molar-refractivity contribution in [2.45, 2.75) is 13.8 Å². The maximum absolute atomic E-state index is 10.6. The van der Waals surface area contributed by atoms with E-state index >= 15 is 0 Å². The van der Waals surface area contributed by atoms with Crippen molar-refractivity contribution < 1.29 is 9.85 Å². The van der Waals surface area contributed by atoms with Crippen LogP contribution in [0, 0.1) is 34.1 Å². The van der Waals surface area contributed by atoms with Crippen molar-refractivity contribution in [3.8, 4) is 0 Å². The normalized spacial score (nSPS) is 9.86. The van der Waals surface area contributed by atoms with E-state index in [1.807, 2.05) is 0 Å². The van der Waals surface area contributed by atoms with E-state index in [9.17, 15) is 20.2 Å². The molecule has 74 valence electrons. The fourth-order valence-corrected chi connectivity index (χ4v) is 1.24. The lowest BCUT2D eigenvalue weighted by Crippen LogP contribution is -2.00. The summed E-state index contributed by atoms with van der Waals surface area (Å²) < 4.78 is 0. The van der Waals surface area contributed by atoms with E-state index in [0.717, 1.165) is 0 Å². The van der Waals surface area contributed by atoms with Crippen molar-refractivity contribution in [1.29, 1.82) is 0 Å². The zero-order valence-electron chi connectivity index (χ0n) is 7.68. The third kappa shape index (κ3) is 1.54. The minimum atomic E-state index is -0.722. The summed E-state index contributed by atoms with van der Waals surface area (Å²) in [6, 6.07) is 3.00. The van der Waals surface area contributed by atoms with Gasteiger partial charge in [0.05, 0.1) is 9.85 Å². The number of nitro benzene ring substituents is 2. The minimum Gasteiger partial charge on any atom is -0.258 e. The summed E-state index contributed by atoms with van der Waals surface area (Å²) in [6.07, 6.45) is 0. The molecule has 0 saturated heterocycles. The summed E-state index contributed by atoms with van der Waals surface area (Å²) in [7, 11) is 0. The number of aryl methyl sites for hydroxylation is 2. The van der Waals surface area contributed by atoms with Crippen LogP contribution in [-0.2, 0) is 0 Å². The molecule has 0 aromatic heterocycles. The molecule has 0 N–H and O–H groups in total. The first-order valence-electron chi connectivity index (χ1n) is 3.84. The monoisotopic (exact) mass is 196 g/mol. The van der Waals surface area contributed by atoms with Crippen LogP contribution in [0.15, 0.2) is 12.1 Å². The lowest BCUT2D eigenvalue weighted by atomic mass is 10.1. The number of nitro groups is 2. The van der Waals surface area contributed by atoms with Gasteiger partial charge in [-0.3, -0.25) is 20.2 Å². The maximum Gasteiger partial charge on any atom is 0.349 e. The van der Waals surface area contributed by atoms with Crippen molar-refractivity contribution >= 4 is 11.4 Å². The zero-order chi connectivity index (χ0) is 10.9. The average molecular weight is 196 g/mol. The van der Waals surface area contributed by atoms with Gasteiger partial charge >= 0.3 is 11.4 Å². The predicted octanol–water partition coefficient (Wildman–Crippen LogP) is 2.12. The molecular formula is C8H8N2O4. The van der Waals surface area contributed by atoms with Crippen molar-refractivity contribution in [3.63, 3.8) is 0 Å². The Morgan fingerprint density at radius 2 is 1.21 bits per heavy atom. The zero-order valence-corrected chi connectivity index (χ0v) is 7.68. The molecule has 0 atom stereocenters. The summed E-state index contributed by atoms with van der Waals surface area (Å²) in [5.41, 5.74) is -0.246. The fraction of sp³-hybridized carbons (Fsp3) is 0.250. The highest BCUT2D eigenvalue weighted by Gasteiger charge is 2.28. The van der Waals surface area contributed by atoms with Crippen LogP contribution >= 0.6 is 0 Å². The van der Waals surface area contributed by atoms with E-state index in [1.165, 1.54) is 26.0 Å². The van der Waals surface area contributed by atoms with Crippen LogP contribution in [0.4, 0.5) is 11.4 Å². The van der Waals surface area contributed by atoms with Crippen LogP contribution in [-0.4, -0.2) is 9.85 Å². The Hall–Kier alpha value is -1.98. The lowest BCUT2D eigenvalue weighted by molar-refractivity contribution is -0.423. The van der Waals surface area contributed by atoms with Gasteiger partial charge in [0.1, 0.15) is 0 Å². The van der Waals surface area contributed by atoms with E-state index < -0.39 is 21.2 Å². The first kappa shape index (κ1) is 10.1. The summed E-state index contributed by atoms with van der Waals surface area (Å²) in [6.45, 7) is 2.95. The second-order valence-electron chi connectivity index (χ2n) is 2.91. The van der Waals surface area contributed by atoms with Crippen molar-refractivity contribution in [1.82, 2.24) is 0 Å². The molecule has 0 aliphatic rings. The van der Waals surface area contributed by atoms with Gasteiger partial charge in [0.2, 0.25) is 0 Å². The Balaban J connectivity index is 3.58. The summed E-state index contributed by atoms with van der Waals surface area (Å²) in [4.78, 5) is 19.8. The third-order valence-corrected chi connectivity index (χ3v) is 1.92. The van der Waals surface area contributed by atoms with Crippen LogP contribution in [0.1, 0.15) is 11.1 Å². The first-order chi connectivity index (χ1) is 6.45. The fourth-order valence-electron chi connectivity index (χ4n) is 1.24. The Bertz CT molecular complexity index is 375. The molecule has 6 nitrogen and oxygen atoms in total. The molecule has 0 amide bonds. The molecule has 0 aliphatic carbocycles. The van der Waals surface area contributed by atoms with Gasteiger partial charge in [0, 0.05) is 11.1 Å². The van der Waals surface area contributed by atoms with E-state index in [0.29, 0.717) is 11.1 Å². The van der Waals surface area contributed by atoms with Gasteiger partial charge in [-0.2, -0.15) is 0 Å². The summed E-state index contributed by atoms with van der Waals surface area (Å²) >= 11 is 0. The van der Waals surface area contributed by atoms with Crippen LogP contribution in [0.5, 0.6) is 0 Å². The Labute approximate surface area is 79.5 Å². The quantitative estimate of drug-likeness (QED) is 0.535. The molecule has 1 aromatic rings. The maximum atomic E-state index is 10.6. The topological polar surface area (TPSA) is 86.3 Å². The van der Waals surface area contributed by atoms with Gasteiger partial charge in [-0.1, -0.05) is 12.1 Å². The van der Waals surface area contributed by atoms with Crippen molar-refractivity contribution in [2.75, 3.05) is 0 Å². The summed E-state index contributed by atoms with van der Waals surface area (Å²) in [5, 5.41) is 21.2. The number of rotatable bonds is 2. The van der Waals surface area contributed by atoms with E-state index in [1.54, 1.807) is 0 Å².